The van der Waals surface area contributed by atoms with Gasteiger partial charge in [0.25, 0.3) is 0 Å². The topological polar surface area (TPSA) is 40.0 Å². The number of hydrogen-bond acceptors (Lipinski definition) is 4. The average molecular weight is 288 g/mol. The molecule has 4 unspecified atom stereocenters. The molecule has 0 aromatic rings. The molecule has 116 valence electrons. The quantitative estimate of drug-likeness (QED) is 0.790. The maximum absolute atomic E-state index is 5.13. The molecule has 4 nitrogen and oxygen atoms in total. The standard InChI is InChI=1S/C17H28N4/c1-5-7-9-15-19-14(8-6-2)16-17(20-13(4)18-16)11-10-12(3)21(15)17/h10-12,14,16H,5-9H2,1-4H3,(H,18,20). The van der Waals surface area contributed by atoms with Gasteiger partial charge in [-0.25, -0.2) is 0 Å². The van der Waals surface area contributed by atoms with Crippen LogP contribution in [0.5, 0.6) is 0 Å². The summed E-state index contributed by atoms with van der Waals surface area (Å²) in [5.41, 5.74) is -0.145. The van der Waals surface area contributed by atoms with Gasteiger partial charge in [0.2, 0.25) is 0 Å². The Morgan fingerprint density at radius 3 is 2.81 bits per heavy atom. The molecule has 0 aromatic heterocycles. The van der Waals surface area contributed by atoms with Crippen molar-refractivity contribution in [2.24, 2.45) is 9.98 Å². The number of amidine groups is 2. The molecule has 0 saturated carbocycles. The van der Waals surface area contributed by atoms with Gasteiger partial charge in [0.05, 0.1) is 11.9 Å². The Morgan fingerprint density at radius 2 is 2.10 bits per heavy atom. The lowest BCUT2D eigenvalue weighted by Gasteiger charge is -2.48. The number of hydrogen-bond donors (Lipinski definition) is 1. The highest BCUT2D eigenvalue weighted by molar-refractivity contribution is 5.90. The molecule has 0 aliphatic carbocycles. The Morgan fingerprint density at radius 1 is 1.29 bits per heavy atom. The zero-order chi connectivity index (χ0) is 15.0. The van der Waals surface area contributed by atoms with Crippen molar-refractivity contribution in [2.75, 3.05) is 0 Å². The second-order valence-electron chi connectivity index (χ2n) is 6.58. The first-order chi connectivity index (χ1) is 10.1. The van der Waals surface area contributed by atoms with Gasteiger partial charge < -0.3 is 10.2 Å². The van der Waals surface area contributed by atoms with Crippen molar-refractivity contribution < 1.29 is 0 Å². The summed E-state index contributed by atoms with van der Waals surface area (Å²) in [6, 6.07) is 0.946. The van der Waals surface area contributed by atoms with Crippen LogP contribution in [0.25, 0.3) is 0 Å². The van der Waals surface area contributed by atoms with Crippen LogP contribution >= 0.6 is 0 Å². The van der Waals surface area contributed by atoms with Crippen LogP contribution in [0, 0.1) is 0 Å². The molecule has 0 aromatic carbocycles. The molecule has 1 spiro atoms. The molecule has 0 radical (unpaired) electrons. The molecule has 3 aliphatic rings. The Labute approximate surface area is 128 Å². The number of rotatable bonds is 5. The first kappa shape index (κ1) is 14.6. The fourth-order valence-corrected chi connectivity index (χ4v) is 4.03. The van der Waals surface area contributed by atoms with Gasteiger partial charge in [0.1, 0.15) is 11.9 Å². The van der Waals surface area contributed by atoms with E-state index in [-0.39, 0.29) is 11.7 Å². The van der Waals surface area contributed by atoms with Crippen molar-refractivity contribution in [2.45, 2.75) is 83.6 Å². The molecule has 3 aliphatic heterocycles. The third-order valence-corrected chi connectivity index (χ3v) is 4.90. The predicted octanol–water partition coefficient (Wildman–Crippen LogP) is 3.10. The van der Waals surface area contributed by atoms with Crippen LogP contribution in [-0.4, -0.2) is 40.4 Å². The maximum Gasteiger partial charge on any atom is 0.157 e. The number of nitrogens with zero attached hydrogens (tertiary/aromatic N) is 3. The summed E-state index contributed by atoms with van der Waals surface area (Å²) < 4.78 is 0. The number of unbranched alkanes of at least 4 members (excludes halogenated alkanes) is 1. The first-order valence-corrected chi connectivity index (χ1v) is 8.50. The molecule has 3 heterocycles. The minimum Gasteiger partial charge on any atom is -0.346 e. The van der Waals surface area contributed by atoms with Crippen molar-refractivity contribution in [3.63, 3.8) is 0 Å². The molecule has 4 heteroatoms. The Hall–Kier alpha value is -1.32. The van der Waals surface area contributed by atoms with Crippen molar-refractivity contribution in [1.82, 2.24) is 10.2 Å². The van der Waals surface area contributed by atoms with E-state index in [1.165, 1.54) is 18.7 Å². The molecular formula is C17H28N4. The molecule has 4 atom stereocenters. The lowest BCUT2D eigenvalue weighted by atomic mass is 9.89. The monoisotopic (exact) mass is 288 g/mol. The SMILES string of the molecule is CCCCC1=NC(CCC)C2N=C(C)NC23C=CC(C)N13. The van der Waals surface area contributed by atoms with Gasteiger partial charge in [-0.3, -0.25) is 9.98 Å². The fourth-order valence-electron chi connectivity index (χ4n) is 4.03. The maximum atomic E-state index is 5.13. The second-order valence-corrected chi connectivity index (χ2v) is 6.58. The van der Waals surface area contributed by atoms with Crippen LogP contribution in [0.3, 0.4) is 0 Å². The normalized spacial score (nSPS) is 37.0. The van der Waals surface area contributed by atoms with Crippen molar-refractivity contribution in [3.05, 3.63) is 12.2 Å². The summed E-state index contributed by atoms with van der Waals surface area (Å²) in [4.78, 5) is 12.5. The molecule has 3 rings (SSSR count). The summed E-state index contributed by atoms with van der Waals surface area (Å²) in [5, 5.41) is 3.66. The van der Waals surface area contributed by atoms with Crippen LogP contribution in [0.2, 0.25) is 0 Å². The smallest absolute Gasteiger partial charge is 0.157 e. The van der Waals surface area contributed by atoms with E-state index in [0.717, 1.165) is 25.1 Å². The highest BCUT2D eigenvalue weighted by Gasteiger charge is 2.56. The fraction of sp³-hybridized carbons (Fsp3) is 0.765. The van der Waals surface area contributed by atoms with E-state index in [0.29, 0.717) is 12.1 Å². The Bertz CT molecular complexity index is 493. The van der Waals surface area contributed by atoms with E-state index in [2.05, 4.69) is 50.1 Å². The minimum absolute atomic E-state index is 0.145. The molecule has 0 fully saturated rings. The Balaban J connectivity index is 1.99. The van der Waals surface area contributed by atoms with Crippen LogP contribution in [0.4, 0.5) is 0 Å². The highest BCUT2D eigenvalue weighted by atomic mass is 15.5. The van der Waals surface area contributed by atoms with Gasteiger partial charge in [-0.05, 0) is 32.8 Å². The largest absolute Gasteiger partial charge is 0.346 e. The van der Waals surface area contributed by atoms with Gasteiger partial charge in [0, 0.05) is 12.5 Å². The van der Waals surface area contributed by atoms with Gasteiger partial charge in [0.15, 0.2) is 5.66 Å². The van der Waals surface area contributed by atoms with Crippen LogP contribution in [-0.2, 0) is 0 Å². The number of aliphatic imine (C=N–C) groups is 2. The summed E-state index contributed by atoms with van der Waals surface area (Å²) >= 11 is 0. The lowest BCUT2D eigenvalue weighted by molar-refractivity contribution is 0.147. The van der Waals surface area contributed by atoms with E-state index in [9.17, 15) is 0 Å². The summed E-state index contributed by atoms with van der Waals surface area (Å²) in [6.07, 6.45) is 10.4. The third-order valence-electron chi connectivity index (χ3n) is 4.90. The zero-order valence-electron chi connectivity index (χ0n) is 13.8. The van der Waals surface area contributed by atoms with Crippen molar-refractivity contribution >= 4 is 11.7 Å². The Kier molecular flexibility index (Phi) is 3.80. The molecule has 1 N–H and O–H groups in total. The first-order valence-electron chi connectivity index (χ1n) is 8.50. The lowest BCUT2D eigenvalue weighted by Crippen LogP contribution is -2.67. The van der Waals surface area contributed by atoms with E-state index in [4.69, 9.17) is 9.98 Å². The average Bonchev–Trinajstić information content (AvgIpc) is 2.96. The molecule has 0 saturated heterocycles. The third kappa shape index (κ3) is 2.19. The van der Waals surface area contributed by atoms with E-state index >= 15 is 0 Å². The molecular weight excluding hydrogens is 260 g/mol. The molecule has 21 heavy (non-hydrogen) atoms. The summed E-state index contributed by atoms with van der Waals surface area (Å²) in [7, 11) is 0. The van der Waals surface area contributed by atoms with Crippen molar-refractivity contribution in [3.8, 4) is 0 Å². The highest BCUT2D eigenvalue weighted by Crippen LogP contribution is 2.41. The van der Waals surface area contributed by atoms with Gasteiger partial charge >= 0.3 is 0 Å². The second kappa shape index (κ2) is 5.47. The summed E-state index contributed by atoms with van der Waals surface area (Å²) in [6.45, 7) is 8.83. The van der Waals surface area contributed by atoms with Gasteiger partial charge in [-0.1, -0.05) is 32.8 Å². The van der Waals surface area contributed by atoms with Gasteiger partial charge in [-0.2, -0.15) is 0 Å². The number of nitrogens with one attached hydrogen (secondary N) is 1. The summed E-state index contributed by atoms with van der Waals surface area (Å²) in [5.74, 6) is 2.33. The van der Waals surface area contributed by atoms with Crippen LogP contribution < -0.4 is 5.32 Å². The zero-order valence-corrected chi connectivity index (χ0v) is 13.8. The van der Waals surface area contributed by atoms with Gasteiger partial charge in [-0.15, -0.1) is 0 Å². The molecule has 0 amide bonds. The van der Waals surface area contributed by atoms with Crippen molar-refractivity contribution in [1.29, 1.82) is 0 Å². The van der Waals surface area contributed by atoms with E-state index in [1.807, 2.05) is 0 Å². The van der Waals surface area contributed by atoms with E-state index in [1.54, 1.807) is 0 Å². The van der Waals surface area contributed by atoms with Crippen LogP contribution in [0.1, 0.15) is 59.8 Å². The minimum atomic E-state index is -0.145. The molecule has 0 bridgehead atoms. The van der Waals surface area contributed by atoms with Crippen LogP contribution in [0.15, 0.2) is 22.1 Å². The predicted molar refractivity (Wildman–Crippen MR) is 88.9 cm³/mol. The van der Waals surface area contributed by atoms with E-state index < -0.39 is 0 Å².